The number of para-hydroxylation sites is 2. The van der Waals surface area contributed by atoms with Crippen LogP contribution in [-0.2, 0) is 24.7 Å². The summed E-state index contributed by atoms with van der Waals surface area (Å²) in [6.07, 6.45) is 2.97. The quantitative estimate of drug-likeness (QED) is 0.296. The molecule has 1 amide bonds. The SMILES string of the molecule is Cn1c(SCC(=O)Nc2ccccc2[N+](=O)[O-])nc2sc3c(c2c1=O)CCC3. The van der Waals surface area contributed by atoms with Gasteiger partial charge in [-0.15, -0.1) is 11.3 Å². The summed E-state index contributed by atoms with van der Waals surface area (Å²) in [5.74, 6) is -0.412. The lowest BCUT2D eigenvalue weighted by Gasteiger charge is -2.08. The largest absolute Gasteiger partial charge is 0.320 e. The first kappa shape index (κ1) is 18.6. The Balaban J connectivity index is 1.53. The number of nitro benzene ring substituents is 1. The lowest BCUT2D eigenvalue weighted by atomic mass is 10.2. The average molecular weight is 416 g/mol. The summed E-state index contributed by atoms with van der Waals surface area (Å²) in [7, 11) is 1.65. The van der Waals surface area contributed by atoms with Gasteiger partial charge in [0.2, 0.25) is 5.91 Å². The third-order valence-electron chi connectivity index (χ3n) is 4.61. The molecule has 1 aliphatic carbocycles. The van der Waals surface area contributed by atoms with Gasteiger partial charge in [0.05, 0.1) is 16.1 Å². The summed E-state index contributed by atoms with van der Waals surface area (Å²) in [5.41, 5.74) is 1.01. The van der Waals surface area contributed by atoms with E-state index in [2.05, 4.69) is 10.3 Å². The molecule has 0 radical (unpaired) electrons. The molecular weight excluding hydrogens is 400 g/mol. The van der Waals surface area contributed by atoms with E-state index in [0.29, 0.717) is 10.5 Å². The van der Waals surface area contributed by atoms with Crippen LogP contribution in [0.2, 0.25) is 0 Å². The van der Waals surface area contributed by atoms with Crippen LogP contribution in [0.5, 0.6) is 0 Å². The van der Waals surface area contributed by atoms with Gasteiger partial charge < -0.3 is 5.32 Å². The molecule has 8 nitrogen and oxygen atoms in total. The molecule has 0 aliphatic heterocycles. The van der Waals surface area contributed by atoms with E-state index in [0.717, 1.165) is 41.4 Å². The number of nitro groups is 1. The Morgan fingerprint density at radius 1 is 1.39 bits per heavy atom. The van der Waals surface area contributed by atoms with E-state index in [1.165, 1.54) is 27.6 Å². The number of thiophene rings is 1. The summed E-state index contributed by atoms with van der Waals surface area (Å²) in [5, 5.41) is 14.8. The number of hydrogen-bond acceptors (Lipinski definition) is 7. The highest BCUT2D eigenvalue weighted by atomic mass is 32.2. The number of aryl methyl sites for hydroxylation is 2. The second kappa shape index (κ2) is 7.36. The minimum absolute atomic E-state index is 0.0110. The lowest BCUT2D eigenvalue weighted by Crippen LogP contribution is -2.21. The van der Waals surface area contributed by atoms with Gasteiger partial charge in [-0.05, 0) is 30.9 Å². The van der Waals surface area contributed by atoms with Crippen LogP contribution in [0, 0.1) is 10.1 Å². The molecule has 0 bridgehead atoms. The van der Waals surface area contributed by atoms with E-state index in [4.69, 9.17) is 0 Å². The number of hydrogen-bond donors (Lipinski definition) is 1. The number of nitrogens with one attached hydrogen (secondary N) is 1. The molecule has 0 saturated carbocycles. The number of aromatic nitrogens is 2. The Morgan fingerprint density at radius 3 is 2.96 bits per heavy atom. The highest BCUT2D eigenvalue weighted by Gasteiger charge is 2.23. The molecule has 4 rings (SSSR count). The number of amides is 1. The summed E-state index contributed by atoms with van der Waals surface area (Å²) in [6, 6.07) is 5.96. The minimum Gasteiger partial charge on any atom is -0.320 e. The van der Waals surface area contributed by atoms with E-state index in [1.54, 1.807) is 24.5 Å². The second-order valence-electron chi connectivity index (χ2n) is 6.41. The van der Waals surface area contributed by atoms with Crippen molar-refractivity contribution in [3.63, 3.8) is 0 Å². The summed E-state index contributed by atoms with van der Waals surface area (Å²) in [4.78, 5) is 42.1. The molecule has 0 saturated heterocycles. The zero-order valence-electron chi connectivity index (χ0n) is 14.9. The van der Waals surface area contributed by atoms with Gasteiger partial charge in [0.1, 0.15) is 10.5 Å². The maximum Gasteiger partial charge on any atom is 0.292 e. The van der Waals surface area contributed by atoms with Gasteiger partial charge in [-0.25, -0.2) is 4.98 Å². The van der Waals surface area contributed by atoms with Crippen LogP contribution in [0.1, 0.15) is 16.9 Å². The van der Waals surface area contributed by atoms with Gasteiger partial charge in [0, 0.05) is 18.0 Å². The zero-order valence-corrected chi connectivity index (χ0v) is 16.6. The zero-order chi connectivity index (χ0) is 19.8. The number of fused-ring (bicyclic) bond motifs is 3. The van der Waals surface area contributed by atoms with Gasteiger partial charge >= 0.3 is 0 Å². The molecule has 28 heavy (non-hydrogen) atoms. The van der Waals surface area contributed by atoms with E-state index in [9.17, 15) is 19.7 Å². The van der Waals surface area contributed by atoms with E-state index in [1.807, 2.05) is 0 Å². The molecule has 1 aromatic carbocycles. The van der Waals surface area contributed by atoms with Crippen LogP contribution in [0.15, 0.2) is 34.2 Å². The van der Waals surface area contributed by atoms with Gasteiger partial charge in [-0.1, -0.05) is 23.9 Å². The Kier molecular flexibility index (Phi) is 4.90. The minimum atomic E-state index is -0.544. The molecule has 1 aliphatic rings. The molecule has 0 atom stereocenters. The van der Waals surface area contributed by atoms with E-state index >= 15 is 0 Å². The number of rotatable bonds is 5. The summed E-state index contributed by atoms with van der Waals surface area (Å²) >= 11 is 2.69. The fourth-order valence-corrected chi connectivity index (χ4v) is 5.36. The monoisotopic (exact) mass is 416 g/mol. The highest BCUT2D eigenvalue weighted by molar-refractivity contribution is 7.99. The summed E-state index contributed by atoms with van der Waals surface area (Å²) in [6.45, 7) is 0. The predicted molar refractivity (Wildman–Crippen MR) is 109 cm³/mol. The van der Waals surface area contributed by atoms with Crippen molar-refractivity contribution in [2.75, 3.05) is 11.1 Å². The van der Waals surface area contributed by atoms with Crippen LogP contribution in [0.4, 0.5) is 11.4 Å². The Bertz CT molecular complexity index is 1170. The molecule has 0 fully saturated rings. The van der Waals surface area contributed by atoms with Crippen molar-refractivity contribution in [1.29, 1.82) is 0 Å². The fourth-order valence-electron chi connectivity index (χ4n) is 3.29. The van der Waals surface area contributed by atoms with Crippen LogP contribution < -0.4 is 10.9 Å². The number of thioether (sulfide) groups is 1. The lowest BCUT2D eigenvalue weighted by molar-refractivity contribution is -0.383. The van der Waals surface area contributed by atoms with Crippen LogP contribution in [0.3, 0.4) is 0 Å². The molecule has 2 heterocycles. The van der Waals surface area contributed by atoms with Gasteiger partial charge in [0.15, 0.2) is 5.16 Å². The number of nitrogens with zero attached hydrogens (tertiary/aromatic N) is 3. The molecule has 0 spiro atoms. The number of anilines is 1. The fraction of sp³-hybridized carbons (Fsp3) is 0.278. The number of carbonyl (C=O) groups is 1. The molecule has 144 valence electrons. The standard InChI is InChI=1S/C18H16N4O4S2/c1-21-17(24)15-10-5-4-8-13(10)28-16(15)20-18(21)27-9-14(23)19-11-6-2-3-7-12(11)22(25)26/h2-3,6-7H,4-5,8-9H2,1H3,(H,19,23). The van der Waals surface area contributed by atoms with Gasteiger partial charge in [-0.2, -0.15) is 0 Å². The molecule has 2 aromatic heterocycles. The summed E-state index contributed by atoms with van der Waals surface area (Å²) < 4.78 is 1.47. The molecule has 1 N–H and O–H groups in total. The van der Waals surface area contributed by atoms with Crippen molar-refractivity contribution in [1.82, 2.24) is 9.55 Å². The topological polar surface area (TPSA) is 107 Å². The van der Waals surface area contributed by atoms with E-state index in [-0.39, 0.29) is 22.7 Å². The van der Waals surface area contributed by atoms with Crippen LogP contribution in [0.25, 0.3) is 10.2 Å². The van der Waals surface area contributed by atoms with Gasteiger partial charge in [-0.3, -0.25) is 24.3 Å². The van der Waals surface area contributed by atoms with Gasteiger partial charge in [0.25, 0.3) is 11.2 Å². The third kappa shape index (κ3) is 3.29. The van der Waals surface area contributed by atoms with Crippen molar-refractivity contribution in [2.45, 2.75) is 24.4 Å². The molecule has 10 heteroatoms. The molecule has 3 aromatic rings. The normalized spacial score (nSPS) is 12.9. The second-order valence-corrected chi connectivity index (χ2v) is 8.43. The Morgan fingerprint density at radius 2 is 2.18 bits per heavy atom. The van der Waals surface area contributed by atoms with Crippen molar-refractivity contribution in [2.24, 2.45) is 7.05 Å². The maximum atomic E-state index is 12.8. The Hall–Kier alpha value is -2.72. The van der Waals surface area contributed by atoms with Crippen LogP contribution >= 0.6 is 23.1 Å². The van der Waals surface area contributed by atoms with Crippen molar-refractivity contribution >= 4 is 50.6 Å². The number of carbonyl (C=O) groups excluding carboxylic acids is 1. The van der Waals surface area contributed by atoms with Crippen LogP contribution in [-0.4, -0.2) is 26.1 Å². The van der Waals surface area contributed by atoms with Crippen molar-refractivity contribution in [3.8, 4) is 0 Å². The van der Waals surface area contributed by atoms with E-state index < -0.39 is 10.8 Å². The maximum absolute atomic E-state index is 12.8. The smallest absolute Gasteiger partial charge is 0.292 e. The molecule has 0 unspecified atom stereocenters. The number of benzene rings is 1. The first-order valence-electron chi connectivity index (χ1n) is 8.63. The van der Waals surface area contributed by atoms with Crippen molar-refractivity contribution in [3.05, 3.63) is 55.2 Å². The first-order chi connectivity index (χ1) is 13.5. The first-order valence-corrected chi connectivity index (χ1v) is 10.4. The third-order valence-corrected chi connectivity index (χ3v) is 6.83. The average Bonchev–Trinajstić information content (AvgIpc) is 3.24. The predicted octanol–water partition coefficient (Wildman–Crippen LogP) is 3.12. The molecular formula is C18H16N4O4S2. The highest BCUT2D eigenvalue weighted by Crippen LogP contribution is 2.35. The van der Waals surface area contributed by atoms with Crippen molar-refractivity contribution < 1.29 is 9.72 Å². The Labute approximate surface area is 167 Å².